The van der Waals surface area contributed by atoms with Crippen LogP contribution in [0.15, 0.2) is 43.0 Å². The zero-order valence-electron chi connectivity index (χ0n) is 13.5. The van der Waals surface area contributed by atoms with Crippen molar-refractivity contribution in [3.8, 4) is 0 Å². The van der Waals surface area contributed by atoms with E-state index in [4.69, 9.17) is 0 Å². The third-order valence-corrected chi connectivity index (χ3v) is 4.23. The van der Waals surface area contributed by atoms with Gasteiger partial charge in [0, 0.05) is 19.5 Å². The number of amides is 1. The molecule has 3 nitrogen and oxygen atoms in total. The Morgan fingerprint density at radius 1 is 1.36 bits per heavy atom. The lowest BCUT2D eigenvalue weighted by Gasteiger charge is -2.25. The minimum Gasteiger partial charge on any atom is -0.337 e. The van der Waals surface area contributed by atoms with E-state index in [0.717, 1.165) is 12.0 Å². The highest BCUT2D eigenvalue weighted by Crippen LogP contribution is 2.39. The summed E-state index contributed by atoms with van der Waals surface area (Å²) in [6.07, 6.45) is 3.71. The van der Waals surface area contributed by atoms with E-state index < -0.39 is 5.92 Å². The lowest BCUT2D eigenvalue weighted by molar-refractivity contribution is -0.140. The lowest BCUT2D eigenvalue weighted by atomic mass is 9.90. The first-order valence-electron chi connectivity index (χ1n) is 7.89. The van der Waals surface area contributed by atoms with Gasteiger partial charge in [-0.25, -0.2) is 0 Å². The maximum absolute atomic E-state index is 12.8. The third-order valence-electron chi connectivity index (χ3n) is 4.23. The van der Waals surface area contributed by atoms with Crippen LogP contribution in [0.5, 0.6) is 0 Å². The number of nitrogens with zero attached hydrogens (tertiary/aromatic N) is 1. The van der Waals surface area contributed by atoms with E-state index in [1.165, 1.54) is 0 Å². The summed E-state index contributed by atoms with van der Waals surface area (Å²) in [5, 5.41) is 0. The smallest absolute Gasteiger partial charge is 0.233 e. The van der Waals surface area contributed by atoms with Gasteiger partial charge in [-0.2, -0.15) is 0 Å². The average Bonchev–Trinajstić information content (AvgIpc) is 2.77. The summed E-state index contributed by atoms with van der Waals surface area (Å²) in [7, 11) is 0. The highest BCUT2D eigenvalue weighted by Gasteiger charge is 2.43. The summed E-state index contributed by atoms with van der Waals surface area (Å²) in [4.78, 5) is 26.8. The fraction of sp³-hybridized carbons (Fsp3) is 0.474. The molecule has 1 fully saturated rings. The van der Waals surface area contributed by atoms with Crippen molar-refractivity contribution in [1.29, 1.82) is 0 Å². The average molecular weight is 299 g/mol. The van der Waals surface area contributed by atoms with Gasteiger partial charge in [0.2, 0.25) is 5.91 Å². The van der Waals surface area contributed by atoms with Crippen LogP contribution in [-0.2, 0) is 16.1 Å². The first-order chi connectivity index (χ1) is 10.4. The van der Waals surface area contributed by atoms with E-state index >= 15 is 0 Å². The second kappa shape index (κ2) is 6.91. The van der Waals surface area contributed by atoms with E-state index in [1.54, 1.807) is 4.90 Å². The molecule has 1 saturated carbocycles. The Morgan fingerprint density at radius 3 is 2.59 bits per heavy atom. The van der Waals surface area contributed by atoms with Gasteiger partial charge >= 0.3 is 0 Å². The van der Waals surface area contributed by atoms with E-state index in [-0.39, 0.29) is 17.1 Å². The van der Waals surface area contributed by atoms with Crippen molar-refractivity contribution >= 4 is 11.7 Å². The van der Waals surface area contributed by atoms with Gasteiger partial charge in [-0.1, -0.05) is 50.3 Å². The van der Waals surface area contributed by atoms with E-state index in [2.05, 4.69) is 20.4 Å². The monoisotopic (exact) mass is 299 g/mol. The van der Waals surface area contributed by atoms with Crippen molar-refractivity contribution in [2.24, 2.45) is 11.3 Å². The topological polar surface area (TPSA) is 37.4 Å². The molecule has 0 bridgehead atoms. The van der Waals surface area contributed by atoms with Gasteiger partial charge in [-0.05, 0) is 23.8 Å². The highest BCUT2D eigenvalue weighted by molar-refractivity contribution is 6.03. The molecule has 22 heavy (non-hydrogen) atoms. The van der Waals surface area contributed by atoms with Gasteiger partial charge in [0.25, 0.3) is 0 Å². The molecule has 1 amide bonds. The number of benzene rings is 1. The molecule has 0 aromatic heterocycles. The lowest BCUT2D eigenvalue weighted by Crippen LogP contribution is -2.38. The van der Waals surface area contributed by atoms with Gasteiger partial charge in [0.15, 0.2) is 0 Å². The van der Waals surface area contributed by atoms with E-state index in [1.807, 2.05) is 36.4 Å². The minimum absolute atomic E-state index is 0.0266. The Balaban J connectivity index is 2.12. The van der Waals surface area contributed by atoms with Gasteiger partial charge < -0.3 is 4.90 Å². The first kappa shape index (κ1) is 16.5. The van der Waals surface area contributed by atoms with Crippen LogP contribution in [0, 0.1) is 11.3 Å². The first-order valence-corrected chi connectivity index (χ1v) is 7.89. The van der Waals surface area contributed by atoms with Gasteiger partial charge in [0.1, 0.15) is 5.78 Å². The van der Waals surface area contributed by atoms with Crippen molar-refractivity contribution in [3.05, 3.63) is 48.6 Å². The maximum atomic E-state index is 12.8. The van der Waals surface area contributed by atoms with Crippen molar-refractivity contribution in [3.63, 3.8) is 0 Å². The second-order valence-electron chi connectivity index (χ2n) is 6.89. The third kappa shape index (κ3) is 4.06. The molecule has 0 spiro atoms. The molecule has 3 heteroatoms. The van der Waals surface area contributed by atoms with Crippen molar-refractivity contribution in [2.75, 3.05) is 6.54 Å². The molecule has 0 aliphatic heterocycles. The molecule has 0 saturated heterocycles. The molecule has 1 atom stereocenters. The number of rotatable bonds is 6. The predicted molar refractivity (Wildman–Crippen MR) is 88.2 cm³/mol. The van der Waals surface area contributed by atoms with Crippen LogP contribution in [0.1, 0.15) is 38.7 Å². The standard InChI is InChI=1S/C19H25NO2/c1-4-5-11-20(14-15-9-7-6-8-10-15)18(22)16-12-19(2,3)13-17(16)21/h4,6-10,16H,1,5,11-14H2,2-3H3. The number of carbonyl (C=O) groups is 2. The number of Topliss-reactive ketones (excluding diaryl/α,β-unsaturated/α-hetero) is 1. The number of hydrogen-bond donors (Lipinski definition) is 0. The summed E-state index contributed by atoms with van der Waals surface area (Å²) in [6.45, 7) is 9.01. The molecule has 1 aromatic carbocycles. The minimum atomic E-state index is -0.469. The molecule has 1 aliphatic carbocycles. The number of carbonyl (C=O) groups excluding carboxylic acids is 2. The number of ketones is 1. The Labute approximate surface area is 133 Å². The summed E-state index contributed by atoms with van der Waals surface area (Å²) in [5.74, 6) is -0.406. The second-order valence-corrected chi connectivity index (χ2v) is 6.89. The van der Waals surface area contributed by atoms with Crippen LogP contribution in [-0.4, -0.2) is 23.1 Å². The molecule has 0 heterocycles. The summed E-state index contributed by atoms with van der Waals surface area (Å²) < 4.78 is 0. The number of hydrogen-bond acceptors (Lipinski definition) is 2. The molecule has 1 aliphatic rings. The van der Waals surface area contributed by atoms with Crippen LogP contribution >= 0.6 is 0 Å². The Bertz CT molecular complexity index is 548. The largest absolute Gasteiger partial charge is 0.337 e. The molecular weight excluding hydrogens is 274 g/mol. The van der Waals surface area contributed by atoms with Gasteiger partial charge in [0.05, 0.1) is 5.92 Å². The SMILES string of the molecule is C=CCCN(Cc1ccccc1)C(=O)C1CC(C)(C)CC1=O. The molecule has 2 rings (SSSR count). The zero-order chi connectivity index (χ0) is 16.2. The maximum Gasteiger partial charge on any atom is 0.233 e. The Kier molecular flexibility index (Phi) is 5.17. The Morgan fingerprint density at radius 2 is 2.05 bits per heavy atom. The summed E-state index contributed by atoms with van der Waals surface area (Å²) >= 11 is 0. The van der Waals surface area contributed by atoms with Crippen molar-refractivity contribution in [1.82, 2.24) is 4.90 Å². The van der Waals surface area contributed by atoms with Crippen LogP contribution < -0.4 is 0 Å². The molecule has 0 radical (unpaired) electrons. The fourth-order valence-electron chi connectivity index (χ4n) is 3.10. The highest BCUT2D eigenvalue weighted by atomic mass is 16.2. The van der Waals surface area contributed by atoms with Crippen LogP contribution in [0.4, 0.5) is 0 Å². The van der Waals surface area contributed by atoms with Gasteiger partial charge in [-0.3, -0.25) is 9.59 Å². The van der Waals surface area contributed by atoms with E-state index in [9.17, 15) is 9.59 Å². The van der Waals surface area contributed by atoms with Crippen LogP contribution in [0.2, 0.25) is 0 Å². The van der Waals surface area contributed by atoms with Crippen molar-refractivity contribution < 1.29 is 9.59 Å². The van der Waals surface area contributed by atoms with Gasteiger partial charge in [-0.15, -0.1) is 6.58 Å². The van der Waals surface area contributed by atoms with Crippen LogP contribution in [0.3, 0.4) is 0 Å². The van der Waals surface area contributed by atoms with Crippen LogP contribution in [0.25, 0.3) is 0 Å². The molecule has 118 valence electrons. The molecule has 0 N–H and O–H groups in total. The summed E-state index contributed by atoms with van der Waals surface area (Å²) in [6, 6.07) is 9.91. The quantitative estimate of drug-likeness (QED) is 0.594. The normalized spacial score (nSPS) is 19.9. The fourth-order valence-corrected chi connectivity index (χ4v) is 3.10. The molecular formula is C19H25NO2. The summed E-state index contributed by atoms with van der Waals surface area (Å²) in [5.41, 5.74) is 1.03. The van der Waals surface area contributed by atoms with Crippen molar-refractivity contribution in [2.45, 2.75) is 39.7 Å². The molecule has 1 aromatic rings. The molecule has 1 unspecified atom stereocenters. The predicted octanol–water partition coefficient (Wildman–Crippen LogP) is 3.60. The Hall–Kier alpha value is -1.90. The van der Waals surface area contributed by atoms with E-state index in [0.29, 0.717) is 25.9 Å². The zero-order valence-corrected chi connectivity index (χ0v) is 13.5.